The Hall–Kier alpha value is -2.41. The number of halogens is 4. The average Bonchev–Trinajstić information content (AvgIpc) is 2.83. The first-order chi connectivity index (χ1) is 11.8. The van der Waals surface area contributed by atoms with Gasteiger partial charge in [0, 0.05) is 18.1 Å². The largest absolute Gasteiger partial charge is 0.573 e. The van der Waals surface area contributed by atoms with Crippen LogP contribution in [-0.4, -0.2) is 24.3 Å². The smallest absolute Gasteiger partial charge is 0.496 e. The van der Waals surface area contributed by atoms with Crippen LogP contribution in [0.5, 0.6) is 11.5 Å². The van der Waals surface area contributed by atoms with Crippen LogP contribution >= 0.6 is 11.6 Å². The summed E-state index contributed by atoms with van der Waals surface area (Å²) in [5, 5.41) is 0.471. The molecule has 0 aliphatic carbocycles. The van der Waals surface area contributed by atoms with Crippen molar-refractivity contribution in [2.75, 3.05) is 7.11 Å². The van der Waals surface area contributed by atoms with Crippen LogP contribution < -0.4 is 9.47 Å². The molecule has 0 unspecified atom stereocenters. The Kier molecular flexibility index (Phi) is 4.51. The molecule has 0 N–H and O–H groups in total. The minimum absolute atomic E-state index is 0.209. The first kappa shape index (κ1) is 17.4. The van der Waals surface area contributed by atoms with Gasteiger partial charge in [-0.05, 0) is 35.4 Å². The highest BCUT2D eigenvalue weighted by atomic mass is 35.5. The van der Waals surface area contributed by atoms with Crippen molar-refractivity contribution in [2.24, 2.45) is 0 Å². The number of methoxy groups -OCH3 is 1. The van der Waals surface area contributed by atoms with Gasteiger partial charge in [0.1, 0.15) is 11.5 Å². The first-order valence-corrected chi connectivity index (χ1v) is 7.65. The maximum atomic E-state index is 12.6. The van der Waals surface area contributed by atoms with E-state index in [1.807, 2.05) is 0 Å². The fraction of sp³-hybridized carbons (Fsp3) is 0.235. The number of alkyl halides is 3. The van der Waals surface area contributed by atoms with E-state index < -0.39 is 6.36 Å². The number of amides is 1. The lowest BCUT2D eigenvalue weighted by Gasteiger charge is -2.16. The Morgan fingerprint density at radius 3 is 2.48 bits per heavy atom. The predicted octanol–water partition coefficient (Wildman–Crippen LogP) is 4.40. The van der Waals surface area contributed by atoms with Gasteiger partial charge in [0.05, 0.1) is 12.7 Å². The second kappa shape index (κ2) is 6.48. The topological polar surface area (TPSA) is 38.8 Å². The molecule has 2 aromatic rings. The van der Waals surface area contributed by atoms with Gasteiger partial charge in [-0.2, -0.15) is 0 Å². The second-order valence-corrected chi connectivity index (χ2v) is 5.93. The molecule has 8 heteroatoms. The predicted molar refractivity (Wildman–Crippen MR) is 84.7 cm³/mol. The van der Waals surface area contributed by atoms with Crippen LogP contribution in [0.15, 0.2) is 36.4 Å². The highest BCUT2D eigenvalue weighted by Crippen LogP contribution is 2.35. The standard InChI is InChI=1S/C17H13ClF3NO3/c1-24-14-7-12(18)6-11-9-22(16(23)15(11)14)8-10-2-4-13(5-3-10)25-17(19,20)21/h2-7H,8-9H2,1H3. The minimum Gasteiger partial charge on any atom is -0.496 e. The van der Waals surface area contributed by atoms with Gasteiger partial charge in [-0.1, -0.05) is 23.7 Å². The number of hydrogen-bond donors (Lipinski definition) is 0. The van der Waals surface area contributed by atoms with E-state index in [0.29, 0.717) is 28.4 Å². The Bertz CT molecular complexity index is 806. The summed E-state index contributed by atoms with van der Waals surface area (Å²) in [5.74, 6) is -0.108. The number of hydrogen-bond acceptors (Lipinski definition) is 3. The maximum Gasteiger partial charge on any atom is 0.573 e. The third-order valence-electron chi connectivity index (χ3n) is 3.76. The van der Waals surface area contributed by atoms with Crippen molar-refractivity contribution in [3.8, 4) is 11.5 Å². The Morgan fingerprint density at radius 1 is 1.20 bits per heavy atom. The lowest BCUT2D eigenvalue weighted by Crippen LogP contribution is -2.23. The van der Waals surface area contributed by atoms with Crippen LogP contribution in [0.3, 0.4) is 0 Å². The zero-order valence-corrected chi connectivity index (χ0v) is 13.8. The van der Waals surface area contributed by atoms with E-state index in [4.69, 9.17) is 16.3 Å². The molecule has 0 radical (unpaired) electrons. The molecule has 1 amide bonds. The number of rotatable bonds is 4. The van der Waals surface area contributed by atoms with Crippen molar-refractivity contribution in [2.45, 2.75) is 19.5 Å². The third-order valence-corrected chi connectivity index (χ3v) is 3.98. The normalized spacial score (nSPS) is 13.8. The summed E-state index contributed by atoms with van der Waals surface area (Å²) in [6.07, 6.45) is -4.73. The van der Waals surface area contributed by atoms with Gasteiger partial charge in [-0.15, -0.1) is 13.2 Å². The molecule has 4 nitrogen and oxygen atoms in total. The minimum atomic E-state index is -4.73. The summed E-state index contributed by atoms with van der Waals surface area (Å²) < 4.78 is 45.6. The zero-order valence-electron chi connectivity index (χ0n) is 13.1. The molecular weight excluding hydrogens is 359 g/mol. The van der Waals surface area contributed by atoms with E-state index in [1.54, 1.807) is 17.0 Å². The molecule has 0 bridgehead atoms. The SMILES string of the molecule is COc1cc(Cl)cc2c1C(=O)N(Cc1ccc(OC(F)(F)F)cc1)C2. The second-order valence-electron chi connectivity index (χ2n) is 5.50. The van der Waals surface area contributed by atoms with Crippen molar-refractivity contribution in [3.63, 3.8) is 0 Å². The Balaban J connectivity index is 1.75. The molecule has 132 valence electrons. The zero-order chi connectivity index (χ0) is 18.2. The van der Waals surface area contributed by atoms with Crippen LogP contribution in [0, 0.1) is 0 Å². The van der Waals surface area contributed by atoms with Crippen LogP contribution in [-0.2, 0) is 13.1 Å². The molecule has 0 fully saturated rings. The number of nitrogens with zero attached hydrogens (tertiary/aromatic N) is 1. The number of carbonyl (C=O) groups excluding carboxylic acids is 1. The van der Waals surface area contributed by atoms with E-state index >= 15 is 0 Å². The quantitative estimate of drug-likeness (QED) is 0.799. The van der Waals surface area contributed by atoms with Gasteiger partial charge in [-0.3, -0.25) is 4.79 Å². The summed E-state index contributed by atoms with van der Waals surface area (Å²) in [6.45, 7) is 0.604. The van der Waals surface area contributed by atoms with Crippen molar-refractivity contribution in [1.29, 1.82) is 0 Å². The Morgan fingerprint density at radius 2 is 1.88 bits per heavy atom. The molecule has 0 saturated carbocycles. The number of fused-ring (bicyclic) bond motifs is 1. The van der Waals surface area contributed by atoms with Crippen LogP contribution in [0.1, 0.15) is 21.5 Å². The molecule has 0 aromatic heterocycles. The maximum absolute atomic E-state index is 12.6. The highest BCUT2D eigenvalue weighted by Gasteiger charge is 2.32. The number of carbonyl (C=O) groups is 1. The lowest BCUT2D eigenvalue weighted by molar-refractivity contribution is -0.274. The van der Waals surface area contributed by atoms with Gasteiger partial charge >= 0.3 is 6.36 Å². The van der Waals surface area contributed by atoms with Crippen LogP contribution in [0.2, 0.25) is 5.02 Å². The molecule has 3 rings (SSSR count). The summed E-state index contributed by atoms with van der Waals surface area (Å²) in [7, 11) is 1.46. The molecule has 0 spiro atoms. The summed E-state index contributed by atoms with van der Waals surface area (Å²) in [6, 6.07) is 8.69. The van der Waals surface area contributed by atoms with Gasteiger partial charge in [0.15, 0.2) is 0 Å². The average molecular weight is 372 g/mol. The van der Waals surface area contributed by atoms with Gasteiger partial charge in [0.25, 0.3) is 5.91 Å². The molecule has 1 heterocycles. The molecule has 0 saturated heterocycles. The molecule has 1 aliphatic rings. The number of ether oxygens (including phenoxy) is 2. The summed E-state index contributed by atoms with van der Waals surface area (Å²) >= 11 is 6.02. The fourth-order valence-electron chi connectivity index (χ4n) is 2.74. The Labute approximate surface area is 146 Å². The molecular formula is C17H13ClF3NO3. The molecule has 25 heavy (non-hydrogen) atoms. The van der Waals surface area contributed by atoms with Crippen LogP contribution in [0.4, 0.5) is 13.2 Å². The molecule has 1 aliphatic heterocycles. The van der Waals surface area contributed by atoms with E-state index in [2.05, 4.69) is 4.74 Å². The fourth-order valence-corrected chi connectivity index (χ4v) is 2.98. The van der Waals surface area contributed by atoms with Gasteiger partial charge in [0.2, 0.25) is 0 Å². The monoisotopic (exact) mass is 371 g/mol. The highest BCUT2D eigenvalue weighted by molar-refractivity contribution is 6.31. The summed E-state index contributed by atoms with van der Waals surface area (Å²) in [4.78, 5) is 14.1. The van der Waals surface area contributed by atoms with Crippen LogP contribution in [0.25, 0.3) is 0 Å². The van der Waals surface area contributed by atoms with E-state index in [-0.39, 0.29) is 18.2 Å². The van der Waals surface area contributed by atoms with Gasteiger partial charge < -0.3 is 14.4 Å². The van der Waals surface area contributed by atoms with Crippen molar-refractivity contribution in [1.82, 2.24) is 4.90 Å². The van der Waals surface area contributed by atoms with E-state index in [9.17, 15) is 18.0 Å². The molecule has 0 atom stereocenters. The molecule has 2 aromatic carbocycles. The van der Waals surface area contributed by atoms with E-state index in [0.717, 1.165) is 5.56 Å². The third kappa shape index (κ3) is 3.82. The number of benzene rings is 2. The summed E-state index contributed by atoms with van der Waals surface area (Å²) in [5.41, 5.74) is 1.90. The van der Waals surface area contributed by atoms with Crippen molar-refractivity contribution < 1.29 is 27.4 Å². The van der Waals surface area contributed by atoms with Crippen molar-refractivity contribution >= 4 is 17.5 Å². The van der Waals surface area contributed by atoms with Crippen molar-refractivity contribution in [3.05, 3.63) is 58.1 Å². The van der Waals surface area contributed by atoms with Gasteiger partial charge in [-0.25, -0.2) is 0 Å². The van der Waals surface area contributed by atoms with E-state index in [1.165, 1.54) is 31.4 Å². The first-order valence-electron chi connectivity index (χ1n) is 7.27. The lowest BCUT2D eigenvalue weighted by atomic mass is 10.1.